The van der Waals surface area contributed by atoms with Gasteiger partial charge in [-0.25, -0.2) is 8.78 Å². The third-order valence-corrected chi connectivity index (χ3v) is 2.82. The molecule has 0 aromatic heterocycles. The van der Waals surface area contributed by atoms with Gasteiger partial charge < -0.3 is 10.1 Å². The average Bonchev–Trinajstić information content (AvgIpc) is 2.46. The van der Waals surface area contributed by atoms with Crippen LogP contribution in [0.5, 0.6) is 5.75 Å². The number of halogens is 2. The van der Waals surface area contributed by atoms with E-state index in [1.807, 2.05) is 6.07 Å². The minimum absolute atomic E-state index is 0.286. The first-order chi connectivity index (χ1) is 9.65. The maximum absolute atomic E-state index is 13.7. The van der Waals surface area contributed by atoms with Gasteiger partial charge in [-0.15, -0.1) is 0 Å². The molecule has 0 spiro atoms. The molecule has 3 nitrogen and oxygen atoms in total. The Balaban J connectivity index is 2.27. The predicted molar refractivity (Wildman–Crippen MR) is 71.3 cm³/mol. The molecule has 2 rings (SSSR count). The molecule has 102 valence electrons. The smallest absolute Gasteiger partial charge is 0.145 e. The van der Waals surface area contributed by atoms with Crippen molar-refractivity contribution in [3.8, 4) is 11.8 Å². The third kappa shape index (κ3) is 2.86. The van der Waals surface area contributed by atoms with E-state index in [1.54, 1.807) is 24.3 Å². The van der Waals surface area contributed by atoms with Crippen LogP contribution in [0.3, 0.4) is 0 Å². The van der Waals surface area contributed by atoms with Gasteiger partial charge in [0.05, 0.1) is 18.7 Å². The largest absolute Gasteiger partial charge is 0.497 e. The predicted octanol–water partition coefficient (Wildman–Crippen LogP) is 3.65. The number of methoxy groups -OCH3 is 1. The Bertz CT molecular complexity index is 615. The summed E-state index contributed by atoms with van der Waals surface area (Å²) in [6.07, 6.45) is 0. The fourth-order valence-electron chi connectivity index (χ4n) is 1.81. The molecular formula is C15H12F2N2O. The van der Waals surface area contributed by atoms with Crippen molar-refractivity contribution in [1.29, 1.82) is 5.26 Å². The molecule has 2 aromatic carbocycles. The minimum Gasteiger partial charge on any atom is -0.497 e. The van der Waals surface area contributed by atoms with Crippen LogP contribution in [0.1, 0.15) is 11.6 Å². The van der Waals surface area contributed by atoms with Crippen LogP contribution in [0.15, 0.2) is 42.5 Å². The monoisotopic (exact) mass is 274 g/mol. The summed E-state index contributed by atoms with van der Waals surface area (Å²) in [5.41, 5.74) is 0.283. The number of nitriles is 1. The van der Waals surface area contributed by atoms with Gasteiger partial charge in [0.1, 0.15) is 23.4 Å². The van der Waals surface area contributed by atoms with E-state index in [1.165, 1.54) is 13.2 Å². The lowest BCUT2D eigenvalue weighted by atomic mass is 10.1. The van der Waals surface area contributed by atoms with Crippen molar-refractivity contribution in [3.63, 3.8) is 0 Å². The maximum atomic E-state index is 13.7. The highest BCUT2D eigenvalue weighted by Gasteiger charge is 2.19. The van der Waals surface area contributed by atoms with Crippen molar-refractivity contribution in [3.05, 3.63) is 59.7 Å². The van der Waals surface area contributed by atoms with Gasteiger partial charge in [-0.1, -0.05) is 6.07 Å². The number of benzene rings is 2. The molecule has 0 aliphatic heterocycles. The van der Waals surface area contributed by atoms with Gasteiger partial charge in [0.25, 0.3) is 0 Å². The number of nitrogens with zero attached hydrogens (tertiary/aromatic N) is 1. The van der Waals surface area contributed by atoms with E-state index in [-0.39, 0.29) is 5.56 Å². The second-order valence-electron chi connectivity index (χ2n) is 4.07. The van der Waals surface area contributed by atoms with Crippen LogP contribution < -0.4 is 10.1 Å². The summed E-state index contributed by atoms with van der Waals surface area (Å²) in [6, 6.07) is 11.0. The van der Waals surface area contributed by atoms with Gasteiger partial charge >= 0.3 is 0 Å². The minimum atomic E-state index is -1.11. The molecule has 1 atom stereocenters. The molecule has 5 heteroatoms. The number of hydrogen-bond donors (Lipinski definition) is 1. The number of rotatable bonds is 4. The molecule has 0 saturated heterocycles. The van der Waals surface area contributed by atoms with Gasteiger partial charge in [0, 0.05) is 5.69 Å². The normalized spacial score (nSPS) is 11.5. The standard InChI is InChI=1S/C15H12F2N2O/c1-20-11-7-5-10(6-8-11)19-14(9-18)15-12(16)3-2-4-13(15)17/h2-8,14,19H,1H3. The topological polar surface area (TPSA) is 45.0 Å². The lowest BCUT2D eigenvalue weighted by molar-refractivity contribution is 0.415. The van der Waals surface area contributed by atoms with E-state index in [0.717, 1.165) is 12.1 Å². The van der Waals surface area contributed by atoms with Crippen molar-refractivity contribution in [1.82, 2.24) is 0 Å². The van der Waals surface area contributed by atoms with Crippen LogP contribution in [0.25, 0.3) is 0 Å². The SMILES string of the molecule is COc1ccc(NC(C#N)c2c(F)cccc2F)cc1. The number of nitrogens with one attached hydrogen (secondary N) is 1. The summed E-state index contributed by atoms with van der Waals surface area (Å²) < 4.78 is 32.3. The van der Waals surface area contributed by atoms with E-state index in [0.29, 0.717) is 11.4 Å². The Morgan fingerprint density at radius 3 is 2.20 bits per heavy atom. The molecule has 0 saturated carbocycles. The number of ether oxygens (including phenoxy) is 1. The van der Waals surface area contributed by atoms with E-state index in [9.17, 15) is 8.78 Å². The summed E-state index contributed by atoms with van der Waals surface area (Å²) >= 11 is 0. The molecule has 2 aromatic rings. The first-order valence-electron chi connectivity index (χ1n) is 5.90. The fraction of sp³-hybridized carbons (Fsp3) is 0.133. The maximum Gasteiger partial charge on any atom is 0.145 e. The zero-order chi connectivity index (χ0) is 14.5. The van der Waals surface area contributed by atoms with Crippen LogP contribution in [0.2, 0.25) is 0 Å². The second-order valence-corrected chi connectivity index (χ2v) is 4.07. The van der Waals surface area contributed by atoms with Crippen molar-refractivity contribution in [2.45, 2.75) is 6.04 Å². The van der Waals surface area contributed by atoms with E-state index in [2.05, 4.69) is 5.32 Å². The highest BCUT2D eigenvalue weighted by Crippen LogP contribution is 2.25. The van der Waals surface area contributed by atoms with Crippen LogP contribution in [-0.4, -0.2) is 7.11 Å². The lowest BCUT2D eigenvalue weighted by Crippen LogP contribution is -2.12. The van der Waals surface area contributed by atoms with Gasteiger partial charge in [-0.05, 0) is 36.4 Å². The molecule has 0 fully saturated rings. The van der Waals surface area contributed by atoms with Crippen LogP contribution >= 0.6 is 0 Å². The van der Waals surface area contributed by atoms with Crippen LogP contribution in [-0.2, 0) is 0 Å². The van der Waals surface area contributed by atoms with Gasteiger partial charge in [0.15, 0.2) is 0 Å². The summed E-state index contributed by atoms with van der Waals surface area (Å²) in [5.74, 6) is -0.851. The van der Waals surface area contributed by atoms with Gasteiger partial charge in [0.2, 0.25) is 0 Å². The lowest BCUT2D eigenvalue weighted by Gasteiger charge is -2.15. The molecule has 0 radical (unpaired) electrons. The third-order valence-electron chi connectivity index (χ3n) is 2.82. The Morgan fingerprint density at radius 2 is 1.70 bits per heavy atom. The zero-order valence-electron chi connectivity index (χ0n) is 10.7. The van der Waals surface area contributed by atoms with Crippen molar-refractivity contribution < 1.29 is 13.5 Å². The second kappa shape index (κ2) is 6.02. The molecule has 0 amide bonds. The molecular weight excluding hydrogens is 262 g/mol. The number of hydrogen-bond acceptors (Lipinski definition) is 3. The van der Waals surface area contributed by atoms with E-state index >= 15 is 0 Å². The highest BCUT2D eigenvalue weighted by atomic mass is 19.1. The first-order valence-corrected chi connectivity index (χ1v) is 5.90. The van der Waals surface area contributed by atoms with Crippen LogP contribution in [0.4, 0.5) is 14.5 Å². The van der Waals surface area contributed by atoms with Gasteiger partial charge in [-0.3, -0.25) is 0 Å². The zero-order valence-corrected chi connectivity index (χ0v) is 10.7. The number of anilines is 1. The fourth-order valence-corrected chi connectivity index (χ4v) is 1.81. The summed E-state index contributed by atoms with van der Waals surface area (Å²) in [5, 5.41) is 11.9. The quantitative estimate of drug-likeness (QED) is 0.925. The van der Waals surface area contributed by atoms with Crippen molar-refractivity contribution in [2.24, 2.45) is 0 Å². The first kappa shape index (κ1) is 13.8. The highest BCUT2D eigenvalue weighted by molar-refractivity contribution is 5.50. The molecule has 0 bridgehead atoms. The summed E-state index contributed by atoms with van der Waals surface area (Å²) in [7, 11) is 1.54. The summed E-state index contributed by atoms with van der Waals surface area (Å²) in [4.78, 5) is 0. The Labute approximate surface area is 115 Å². The summed E-state index contributed by atoms with van der Waals surface area (Å²) in [6.45, 7) is 0. The molecule has 1 unspecified atom stereocenters. The molecule has 1 N–H and O–H groups in total. The Hall–Kier alpha value is -2.61. The van der Waals surface area contributed by atoms with Gasteiger partial charge in [-0.2, -0.15) is 5.26 Å². The van der Waals surface area contributed by atoms with Crippen molar-refractivity contribution >= 4 is 5.69 Å². The Kier molecular flexibility index (Phi) is 4.16. The molecule has 0 heterocycles. The Morgan fingerprint density at radius 1 is 1.10 bits per heavy atom. The van der Waals surface area contributed by atoms with E-state index in [4.69, 9.17) is 10.00 Å². The van der Waals surface area contributed by atoms with E-state index < -0.39 is 17.7 Å². The van der Waals surface area contributed by atoms with Crippen LogP contribution in [0, 0.1) is 23.0 Å². The molecule has 0 aliphatic rings. The molecule has 20 heavy (non-hydrogen) atoms. The average molecular weight is 274 g/mol. The van der Waals surface area contributed by atoms with Crippen molar-refractivity contribution in [2.75, 3.05) is 12.4 Å². The molecule has 0 aliphatic carbocycles.